The number of rotatable bonds is 6. The summed E-state index contributed by atoms with van der Waals surface area (Å²) in [6.45, 7) is 2.38. The monoisotopic (exact) mass is 373 g/mol. The van der Waals surface area contributed by atoms with Crippen molar-refractivity contribution >= 4 is 17.1 Å². The molecule has 3 rings (SSSR count). The molecule has 142 valence electrons. The van der Waals surface area contributed by atoms with Crippen molar-refractivity contribution in [1.82, 2.24) is 0 Å². The van der Waals surface area contributed by atoms with E-state index >= 15 is 0 Å². The molecular weight excluding hydrogens is 354 g/mol. The van der Waals surface area contributed by atoms with Gasteiger partial charge in [-0.2, -0.15) is 0 Å². The summed E-state index contributed by atoms with van der Waals surface area (Å²) < 4.78 is 10.9. The highest BCUT2D eigenvalue weighted by Gasteiger charge is 2.36. The van der Waals surface area contributed by atoms with Gasteiger partial charge in [-0.15, -0.1) is 0 Å². The van der Waals surface area contributed by atoms with Crippen molar-refractivity contribution in [2.75, 3.05) is 25.7 Å². The SMILES string of the molecule is CCOc1ccc([C@H]2Cc3c(cc([N+](=O)[O-])cc3[N+](=O)[O-])N2C)cc1OC. The van der Waals surface area contributed by atoms with E-state index in [1.54, 1.807) is 20.2 Å². The highest BCUT2D eigenvalue weighted by molar-refractivity contribution is 5.71. The molecule has 0 amide bonds. The lowest BCUT2D eigenvalue weighted by Crippen LogP contribution is -2.19. The van der Waals surface area contributed by atoms with E-state index in [4.69, 9.17) is 9.47 Å². The Kier molecular flexibility index (Phi) is 4.85. The Bertz CT molecular complexity index is 914. The molecule has 9 heteroatoms. The fraction of sp³-hybridized carbons (Fsp3) is 0.333. The van der Waals surface area contributed by atoms with Gasteiger partial charge in [0.05, 0.1) is 46.9 Å². The van der Waals surface area contributed by atoms with Crippen LogP contribution in [0.5, 0.6) is 11.5 Å². The van der Waals surface area contributed by atoms with Crippen LogP contribution in [0.25, 0.3) is 0 Å². The lowest BCUT2D eigenvalue weighted by molar-refractivity contribution is -0.394. The van der Waals surface area contributed by atoms with Gasteiger partial charge in [0.1, 0.15) is 0 Å². The van der Waals surface area contributed by atoms with Gasteiger partial charge in [-0.3, -0.25) is 20.2 Å². The number of methoxy groups -OCH3 is 1. The van der Waals surface area contributed by atoms with Crippen LogP contribution in [-0.2, 0) is 6.42 Å². The lowest BCUT2D eigenvalue weighted by atomic mass is 10.0. The maximum Gasteiger partial charge on any atom is 0.281 e. The van der Waals surface area contributed by atoms with Crippen LogP contribution in [0.2, 0.25) is 0 Å². The molecule has 0 unspecified atom stereocenters. The minimum Gasteiger partial charge on any atom is -0.493 e. The van der Waals surface area contributed by atoms with Gasteiger partial charge in [-0.25, -0.2) is 0 Å². The minimum absolute atomic E-state index is 0.203. The molecule has 2 aromatic carbocycles. The van der Waals surface area contributed by atoms with Crippen molar-refractivity contribution in [3.63, 3.8) is 0 Å². The number of nitro groups is 2. The fourth-order valence-electron chi connectivity index (χ4n) is 3.43. The van der Waals surface area contributed by atoms with Gasteiger partial charge in [0.2, 0.25) is 0 Å². The average Bonchev–Trinajstić information content (AvgIpc) is 2.98. The zero-order valence-electron chi connectivity index (χ0n) is 15.2. The normalized spacial score (nSPS) is 15.4. The second-order valence-corrected chi connectivity index (χ2v) is 6.15. The van der Waals surface area contributed by atoms with E-state index in [9.17, 15) is 20.2 Å². The molecule has 0 spiro atoms. The van der Waals surface area contributed by atoms with E-state index in [1.807, 2.05) is 24.0 Å². The van der Waals surface area contributed by atoms with Gasteiger partial charge >= 0.3 is 0 Å². The fourth-order valence-corrected chi connectivity index (χ4v) is 3.43. The summed E-state index contributed by atoms with van der Waals surface area (Å²) in [5.74, 6) is 1.18. The van der Waals surface area contributed by atoms with E-state index in [1.165, 1.54) is 6.07 Å². The molecule has 2 aromatic rings. The van der Waals surface area contributed by atoms with Crippen molar-refractivity contribution in [3.8, 4) is 11.5 Å². The van der Waals surface area contributed by atoms with E-state index in [0.717, 1.165) is 11.6 Å². The molecule has 0 saturated heterocycles. The number of hydrogen-bond acceptors (Lipinski definition) is 7. The standard InChI is InChI=1S/C18H19N3O6/c1-4-27-17-6-5-11(7-18(17)26-3)14-10-13-15(19(14)2)8-12(20(22)23)9-16(13)21(24)25/h5-9,14H,4,10H2,1-3H3/t14-/m1/s1. The van der Waals surface area contributed by atoms with Crippen molar-refractivity contribution in [1.29, 1.82) is 0 Å². The van der Waals surface area contributed by atoms with Crippen LogP contribution in [0.15, 0.2) is 30.3 Å². The van der Waals surface area contributed by atoms with E-state index in [-0.39, 0.29) is 17.4 Å². The molecule has 0 N–H and O–H groups in total. The topological polar surface area (TPSA) is 108 Å². The van der Waals surface area contributed by atoms with Crippen LogP contribution in [0.1, 0.15) is 24.1 Å². The van der Waals surface area contributed by atoms with Crippen LogP contribution >= 0.6 is 0 Å². The average molecular weight is 373 g/mol. The number of ether oxygens (including phenoxy) is 2. The summed E-state index contributed by atoms with van der Waals surface area (Å²) in [7, 11) is 3.32. The molecule has 0 fully saturated rings. The number of hydrogen-bond donors (Lipinski definition) is 0. The summed E-state index contributed by atoms with van der Waals surface area (Å²) in [4.78, 5) is 23.2. The molecule has 1 aliphatic heterocycles. The van der Waals surface area contributed by atoms with Crippen LogP contribution in [0.3, 0.4) is 0 Å². The Morgan fingerprint density at radius 3 is 2.48 bits per heavy atom. The summed E-state index contributed by atoms with van der Waals surface area (Å²) >= 11 is 0. The van der Waals surface area contributed by atoms with Gasteiger partial charge in [0, 0.05) is 19.5 Å². The van der Waals surface area contributed by atoms with Gasteiger partial charge < -0.3 is 14.4 Å². The summed E-state index contributed by atoms with van der Waals surface area (Å²) in [6.07, 6.45) is 0.372. The first-order chi connectivity index (χ1) is 12.9. The largest absolute Gasteiger partial charge is 0.493 e. The second-order valence-electron chi connectivity index (χ2n) is 6.15. The number of non-ortho nitro benzene ring substituents is 1. The van der Waals surface area contributed by atoms with Crippen molar-refractivity contribution < 1.29 is 19.3 Å². The summed E-state index contributed by atoms with van der Waals surface area (Å²) in [5.41, 5.74) is 1.34. The molecule has 1 heterocycles. The molecule has 0 aromatic heterocycles. The first-order valence-corrected chi connectivity index (χ1v) is 8.36. The molecule has 0 aliphatic carbocycles. The van der Waals surface area contributed by atoms with Crippen LogP contribution in [-0.4, -0.2) is 30.6 Å². The van der Waals surface area contributed by atoms with E-state index in [0.29, 0.717) is 35.8 Å². The summed E-state index contributed by atoms with van der Waals surface area (Å²) in [5, 5.41) is 22.6. The highest BCUT2D eigenvalue weighted by atomic mass is 16.6. The van der Waals surface area contributed by atoms with Crippen LogP contribution < -0.4 is 14.4 Å². The van der Waals surface area contributed by atoms with Crippen molar-refractivity contribution in [3.05, 3.63) is 61.7 Å². The lowest BCUT2D eigenvalue weighted by Gasteiger charge is -2.23. The third-order valence-corrected chi connectivity index (χ3v) is 4.71. The molecular formula is C18H19N3O6. The van der Waals surface area contributed by atoms with E-state index < -0.39 is 9.85 Å². The first-order valence-electron chi connectivity index (χ1n) is 8.36. The van der Waals surface area contributed by atoms with Crippen LogP contribution in [0.4, 0.5) is 17.1 Å². The number of nitro benzene ring substituents is 2. The van der Waals surface area contributed by atoms with Gasteiger partial charge in [-0.05, 0) is 24.6 Å². The molecule has 0 radical (unpaired) electrons. The Labute approximate surface area is 155 Å². The summed E-state index contributed by atoms with van der Waals surface area (Å²) in [6, 6.07) is 7.71. The Hall–Kier alpha value is -3.36. The zero-order chi connectivity index (χ0) is 19.7. The number of anilines is 1. The van der Waals surface area contributed by atoms with Crippen molar-refractivity contribution in [2.24, 2.45) is 0 Å². The maximum atomic E-state index is 11.4. The third kappa shape index (κ3) is 3.23. The van der Waals surface area contributed by atoms with Gasteiger partial charge in [-0.1, -0.05) is 6.07 Å². The van der Waals surface area contributed by atoms with Crippen molar-refractivity contribution in [2.45, 2.75) is 19.4 Å². The zero-order valence-corrected chi connectivity index (χ0v) is 15.2. The predicted octanol–water partition coefficient (Wildman–Crippen LogP) is 3.64. The second kappa shape index (κ2) is 7.10. The molecule has 0 saturated carbocycles. The maximum absolute atomic E-state index is 11.4. The number of likely N-dealkylation sites (N-methyl/N-ethyl adjacent to an activating group) is 1. The smallest absolute Gasteiger partial charge is 0.281 e. The Morgan fingerprint density at radius 2 is 1.89 bits per heavy atom. The molecule has 27 heavy (non-hydrogen) atoms. The molecule has 1 aliphatic rings. The highest BCUT2D eigenvalue weighted by Crippen LogP contribution is 2.46. The van der Waals surface area contributed by atoms with Gasteiger partial charge in [0.15, 0.2) is 11.5 Å². The molecule has 1 atom stereocenters. The van der Waals surface area contributed by atoms with E-state index in [2.05, 4.69) is 0 Å². The molecule has 0 bridgehead atoms. The number of fused-ring (bicyclic) bond motifs is 1. The minimum atomic E-state index is -0.617. The predicted molar refractivity (Wildman–Crippen MR) is 98.8 cm³/mol. The first kappa shape index (κ1) is 18.4. The third-order valence-electron chi connectivity index (χ3n) is 4.71. The Morgan fingerprint density at radius 1 is 1.15 bits per heavy atom. The Balaban J connectivity index is 2.04. The van der Waals surface area contributed by atoms with Gasteiger partial charge in [0.25, 0.3) is 11.4 Å². The quantitative estimate of drug-likeness (QED) is 0.562. The molecule has 9 nitrogen and oxygen atoms in total. The number of nitrogens with zero attached hydrogens (tertiary/aromatic N) is 3. The number of benzene rings is 2. The van der Waals surface area contributed by atoms with Crippen LogP contribution in [0, 0.1) is 20.2 Å².